The fourth-order valence-electron chi connectivity index (χ4n) is 3.31. The summed E-state index contributed by atoms with van der Waals surface area (Å²) in [6, 6.07) is 5.11. The Morgan fingerprint density at radius 3 is 2.79 bits per heavy atom. The number of hydrogen-bond donors (Lipinski definition) is 1. The quantitative estimate of drug-likeness (QED) is 0.854. The summed E-state index contributed by atoms with van der Waals surface area (Å²) in [6.45, 7) is 5.51. The van der Waals surface area contributed by atoms with Crippen molar-refractivity contribution in [1.29, 1.82) is 0 Å². The monoisotopic (exact) mass is 283 g/mol. The maximum absolute atomic E-state index is 14.2. The van der Waals surface area contributed by atoms with Crippen molar-refractivity contribution >= 4 is 11.6 Å². The molecule has 19 heavy (non-hydrogen) atoms. The zero-order valence-electron chi connectivity index (χ0n) is 12.0. The van der Waals surface area contributed by atoms with Crippen molar-refractivity contribution in [3.63, 3.8) is 0 Å². The summed E-state index contributed by atoms with van der Waals surface area (Å²) in [5.74, 6) is 0.637. The zero-order chi connectivity index (χ0) is 14.0. The molecule has 1 saturated carbocycles. The molecule has 1 aromatic carbocycles. The van der Waals surface area contributed by atoms with Crippen molar-refractivity contribution in [3.05, 3.63) is 34.6 Å². The first-order valence-corrected chi connectivity index (χ1v) is 7.40. The summed E-state index contributed by atoms with van der Waals surface area (Å²) in [4.78, 5) is 0. The minimum Gasteiger partial charge on any atom is -0.319 e. The van der Waals surface area contributed by atoms with E-state index in [4.69, 9.17) is 11.6 Å². The lowest BCUT2D eigenvalue weighted by Crippen LogP contribution is -2.34. The Labute approximate surface area is 120 Å². The van der Waals surface area contributed by atoms with Crippen molar-refractivity contribution in [1.82, 2.24) is 5.32 Å². The van der Waals surface area contributed by atoms with Gasteiger partial charge in [-0.15, -0.1) is 0 Å². The Kier molecular flexibility index (Phi) is 4.52. The second-order valence-electron chi connectivity index (χ2n) is 6.50. The molecule has 2 unspecified atom stereocenters. The van der Waals surface area contributed by atoms with Crippen LogP contribution in [0.2, 0.25) is 5.02 Å². The predicted molar refractivity (Wildman–Crippen MR) is 79.2 cm³/mol. The molecule has 1 aromatic rings. The van der Waals surface area contributed by atoms with Crippen molar-refractivity contribution in [2.75, 3.05) is 13.6 Å². The Morgan fingerprint density at radius 2 is 2.16 bits per heavy atom. The van der Waals surface area contributed by atoms with E-state index in [2.05, 4.69) is 19.2 Å². The molecule has 0 amide bonds. The molecule has 1 fully saturated rings. The van der Waals surface area contributed by atoms with Gasteiger partial charge in [0.1, 0.15) is 5.82 Å². The standard InChI is InChI=1S/C16H23ClFN/c1-16(2)7-6-11(10-19-3)14(9-16)13-5-4-12(17)8-15(13)18/h4-5,8,11,14,19H,6-7,9-10H2,1-3H3. The Morgan fingerprint density at radius 1 is 1.42 bits per heavy atom. The molecule has 1 aliphatic rings. The van der Waals surface area contributed by atoms with Crippen LogP contribution in [0.25, 0.3) is 0 Å². The van der Waals surface area contributed by atoms with Crippen LogP contribution in [0.3, 0.4) is 0 Å². The molecule has 0 aliphatic heterocycles. The zero-order valence-corrected chi connectivity index (χ0v) is 12.7. The number of rotatable bonds is 3. The van der Waals surface area contributed by atoms with Crippen molar-refractivity contribution in [2.24, 2.45) is 11.3 Å². The van der Waals surface area contributed by atoms with E-state index in [0.717, 1.165) is 24.9 Å². The molecule has 1 nitrogen and oxygen atoms in total. The van der Waals surface area contributed by atoms with Gasteiger partial charge in [-0.05, 0) is 67.8 Å². The topological polar surface area (TPSA) is 12.0 Å². The van der Waals surface area contributed by atoms with Crippen LogP contribution in [0.1, 0.15) is 44.6 Å². The Bertz CT molecular complexity index is 444. The fourth-order valence-corrected chi connectivity index (χ4v) is 3.47. The summed E-state index contributed by atoms with van der Waals surface area (Å²) in [5.41, 5.74) is 1.12. The van der Waals surface area contributed by atoms with Gasteiger partial charge < -0.3 is 5.32 Å². The summed E-state index contributed by atoms with van der Waals surface area (Å²) < 4.78 is 14.2. The van der Waals surface area contributed by atoms with Gasteiger partial charge in [0.15, 0.2) is 0 Å². The summed E-state index contributed by atoms with van der Waals surface area (Å²) in [7, 11) is 1.97. The molecular weight excluding hydrogens is 261 g/mol. The van der Waals surface area contributed by atoms with E-state index in [1.807, 2.05) is 13.1 Å². The fraction of sp³-hybridized carbons (Fsp3) is 0.625. The SMILES string of the molecule is CNCC1CCC(C)(C)CC1c1ccc(Cl)cc1F. The minimum atomic E-state index is -0.156. The second-order valence-corrected chi connectivity index (χ2v) is 6.93. The molecule has 1 aliphatic carbocycles. The van der Waals surface area contributed by atoms with Crippen LogP contribution < -0.4 is 5.32 Å². The lowest BCUT2D eigenvalue weighted by atomic mass is 9.65. The van der Waals surface area contributed by atoms with Gasteiger partial charge in [-0.2, -0.15) is 0 Å². The Hall–Kier alpha value is -0.600. The molecule has 0 spiro atoms. The predicted octanol–water partition coefficient (Wildman–Crippen LogP) is 4.61. The van der Waals surface area contributed by atoms with Crippen LogP contribution in [0, 0.1) is 17.2 Å². The van der Waals surface area contributed by atoms with Crippen LogP contribution in [-0.2, 0) is 0 Å². The molecular formula is C16H23ClFN. The normalized spacial score (nSPS) is 26.4. The lowest BCUT2D eigenvalue weighted by Gasteiger charge is -2.41. The molecule has 1 N–H and O–H groups in total. The van der Waals surface area contributed by atoms with E-state index in [0.29, 0.717) is 16.4 Å². The van der Waals surface area contributed by atoms with Crippen LogP contribution >= 0.6 is 11.6 Å². The van der Waals surface area contributed by atoms with Gasteiger partial charge in [-0.3, -0.25) is 0 Å². The molecule has 2 rings (SSSR count). The first kappa shape index (κ1) is 14.8. The minimum absolute atomic E-state index is 0.156. The molecule has 106 valence electrons. The third-order valence-electron chi connectivity index (χ3n) is 4.36. The van der Waals surface area contributed by atoms with Gasteiger partial charge in [0.05, 0.1) is 0 Å². The average molecular weight is 284 g/mol. The highest BCUT2D eigenvalue weighted by Gasteiger charge is 2.36. The largest absolute Gasteiger partial charge is 0.319 e. The van der Waals surface area contributed by atoms with Crippen LogP contribution in [0.4, 0.5) is 4.39 Å². The van der Waals surface area contributed by atoms with Gasteiger partial charge >= 0.3 is 0 Å². The van der Waals surface area contributed by atoms with Gasteiger partial charge in [0.25, 0.3) is 0 Å². The van der Waals surface area contributed by atoms with Gasteiger partial charge in [0.2, 0.25) is 0 Å². The molecule has 0 saturated heterocycles. The maximum atomic E-state index is 14.2. The average Bonchev–Trinajstić information content (AvgIpc) is 2.32. The smallest absolute Gasteiger partial charge is 0.128 e. The first-order valence-electron chi connectivity index (χ1n) is 7.02. The van der Waals surface area contributed by atoms with E-state index in [1.165, 1.54) is 12.5 Å². The number of hydrogen-bond acceptors (Lipinski definition) is 1. The van der Waals surface area contributed by atoms with Gasteiger partial charge in [-0.25, -0.2) is 4.39 Å². The van der Waals surface area contributed by atoms with E-state index in [-0.39, 0.29) is 11.7 Å². The molecule has 0 bridgehead atoms. The van der Waals surface area contributed by atoms with Crippen molar-refractivity contribution in [2.45, 2.75) is 39.0 Å². The number of nitrogens with one attached hydrogen (secondary N) is 1. The maximum Gasteiger partial charge on any atom is 0.128 e. The summed E-state index contributed by atoms with van der Waals surface area (Å²) >= 11 is 5.86. The summed E-state index contributed by atoms with van der Waals surface area (Å²) in [6.07, 6.45) is 3.41. The number of halogens is 2. The molecule has 3 heteroatoms. The first-order chi connectivity index (χ1) is 8.93. The third-order valence-corrected chi connectivity index (χ3v) is 4.60. The number of benzene rings is 1. The highest BCUT2D eigenvalue weighted by Crippen LogP contribution is 2.47. The molecule has 0 aromatic heterocycles. The van der Waals surface area contributed by atoms with Crippen molar-refractivity contribution < 1.29 is 4.39 Å². The van der Waals surface area contributed by atoms with Crippen molar-refractivity contribution in [3.8, 4) is 0 Å². The molecule has 0 heterocycles. The second kappa shape index (κ2) is 5.80. The Balaban J connectivity index is 2.30. The highest BCUT2D eigenvalue weighted by atomic mass is 35.5. The van der Waals surface area contributed by atoms with E-state index < -0.39 is 0 Å². The van der Waals surface area contributed by atoms with E-state index in [9.17, 15) is 4.39 Å². The molecule has 0 radical (unpaired) electrons. The van der Waals surface area contributed by atoms with Gasteiger partial charge in [0, 0.05) is 5.02 Å². The van der Waals surface area contributed by atoms with E-state index >= 15 is 0 Å². The van der Waals surface area contributed by atoms with Crippen LogP contribution in [-0.4, -0.2) is 13.6 Å². The third kappa shape index (κ3) is 3.49. The summed E-state index contributed by atoms with van der Waals surface area (Å²) in [5, 5.41) is 3.72. The van der Waals surface area contributed by atoms with Crippen LogP contribution in [0.5, 0.6) is 0 Å². The molecule has 2 atom stereocenters. The van der Waals surface area contributed by atoms with Crippen LogP contribution in [0.15, 0.2) is 18.2 Å². The van der Waals surface area contributed by atoms with E-state index in [1.54, 1.807) is 6.07 Å². The lowest BCUT2D eigenvalue weighted by molar-refractivity contribution is 0.159. The highest BCUT2D eigenvalue weighted by molar-refractivity contribution is 6.30. The van der Waals surface area contributed by atoms with Gasteiger partial charge in [-0.1, -0.05) is 31.5 Å².